The van der Waals surface area contributed by atoms with Gasteiger partial charge >= 0.3 is 5.97 Å². The zero-order valence-electron chi connectivity index (χ0n) is 14.8. The molecule has 0 aliphatic heterocycles. The summed E-state index contributed by atoms with van der Waals surface area (Å²) in [5, 5.41) is 11.8. The molecule has 0 radical (unpaired) electrons. The van der Waals surface area contributed by atoms with Crippen molar-refractivity contribution in [3.05, 3.63) is 75.4 Å². The third-order valence-electron chi connectivity index (χ3n) is 4.22. The standard InChI is InChI=1S/C21H19Cl2NO3/c1-2-27-20(26)9-7-14-4-3-5-18-16(13-25)12-24(21(14)18)11-15-6-8-17(22)10-19(15)23/h3-10,12,25H,2,11,13H2,1H3. The molecule has 0 saturated carbocycles. The number of ether oxygens (including phenoxy) is 1. The van der Waals surface area contributed by atoms with Gasteiger partial charge in [-0.2, -0.15) is 0 Å². The van der Waals surface area contributed by atoms with E-state index in [1.807, 2.05) is 35.0 Å². The highest BCUT2D eigenvalue weighted by Crippen LogP contribution is 2.29. The Hall–Kier alpha value is -2.27. The molecule has 2 aromatic carbocycles. The van der Waals surface area contributed by atoms with Crippen molar-refractivity contribution >= 4 is 46.2 Å². The quantitative estimate of drug-likeness (QED) is 0.461. The number of carbonyl (C=O) groups is 1. The van der Waals surface area contributed by atoms with Gasteiger partial charge in [0.2, 0.25) is 0 Å². The summed E-state index contributed by atoms with van der Waals surface area (Å²) in [6.07, 6.45) is 5.03. The topological polar surface area (TPSA) is 51.5 Å². The van der Waals surface area contributed by atoms with Crippen LogP contribution < -0.4 is 0 Å². The highest BCUT2D eigenvalue weighted by atomic mass is 35.5. The maximum absolute atomic E-state index is 11.7. The van der Waals surface area contributed by atoms with Gasteiger partial charge in [-0.25, -0.2) is 4.79 Å². The molecule has 0 fully saturated rings. The van der Waals surface area contributed by atoms with Gasteiger partial charge in [0.15, 0.2) is 0 Å². The molecule has 3 rings (SSSR count). The first-order chi connectivity index (χ1) is 13.0. The highest BCUT2D eigenvalue weighted by molar-refractivity contribution is 6.35. The molecule has 0 spiro atoms. The van der Waals surface area contributed by atoms with Gasteiger partial charge in [-0.3, -0.25) is 0 Å². The molecule has 1 heterocycles. The second-order valence-corrected chi connectivity index (χ2v) is 6.85. The van der Waals surface area contributed by atoms with Crippen LogP contribution in [0.4, 0.5) is 0 Å². The second kappa shape index (κ2) is 8.61. The first-order valence-corrected chi connectivity index (χ1v) is 9.29. The number of fused-ring (bicyclic) bond motifs is 1. The summed E-state index contributed by atoms with van der Waals surface area (Å²) in [5.41, 5.74) is 3.48. The summed E-state index contributed by atoms with van der Waals surface area (Å²) in [6, 6.07) is 11.1. The number of esters is 1. The van der Waals surface area contributed by atoms with Gasteiger partial charge in [0.05, 0.1) is 18.7 Å². The highest BCUT2D eigenvalue weighted by Gasteiger charge is 2.12. The van der Waals surface area contributed by atoms with Crippen LogP contribution in [0.25, 0.3) is 17.0 Å². The average Bonchev–Trinajstić information content (AvgIpc) is 3.01. The number of aromatic nitrogens is 1. The van der Waals surface area contributed by atoms with Crippen molar-refractivity contribution in [3.63, 3.8) is 0 Å². The van der Waals surface area contributed by atoms with Gasteiger partial charge in [0.25, 0.3) is 0 Å². The third kappa shape index (κ3) is 4.35. The molecule has 0 aliphatic carbocycles. The zero-order chi connectivity index (χ0) is 19.4. The number of carbonyl (C=O) groups excluding carboxylic acids is 1. The first-order valence-electron chi connectivity index (χ1n) is 8.53. The maximum Gasteiger partial charge on any atom is 0.330 e. The van der Waals surface area contributed by atoms with Crippen LogP contribution in [0, 0.1) is 0 Å². The fourth-order valence-electron chi connectivity index (χ4n) is 3.03. The molecule has 27 heavy (non-hydrogen) atoms. The molecular weight excluding hydrogens is 385 g/mol. The van der Waals surface area contributed by atoms with Gasteiger partial charge in [0, 0.05) is 39.8 Å². The largest absolute Gasteiger partial charge is 0.463 e. The fourth-order valence-corrected chi connectivity index (χ4v) is 3.50. The summed E-state index contributed by atoms with van der Waals surface area (Å²) >= 11 is 12.3. The number of hydrogen-bond donors (Lipinski definition) is 1. The number of para-hydroxylation sites is 1. The van der Waals surface area contributed by atoms with Crippen molar-refractivity contribution in [1.82, 2.24) is 4.57 Å². The molecule has 0 aliphatic rings. The predicted octanol–water partition coefficient (Wildman–Crippen LogP) is 5.07. The van der Waals surface area contributed by atoms with E-state index in [0.29, 0.717) is 23.2 Å². The number of hydrogen-bond acceptors (Lipinski definition) is 3. The molecule has 0 bridgehead atoms. The van der Waals surface area contributed by atoms with Crippen molar-refractivity contribution in [3.8, 4) is 0 Å². The minimum Gasteiger partial charge on any atom is -0.463 e. The van der Waals surface area contributed by atoms with E-state index in [1.165, 1.54) is 6.08 Å². The number of halogens is 2. The van der Waals surface area contributed by atoms with Gasteiger partial charge in [-0.1, -0.05) is 47.5 Å². The molecular formula is C21H19Cl2NO3. The molecule has 0 unspecified atom stereocenters. The van der Waals surface area contributed by atoms with Crippen LogP contribution in [0.1, 0.15) is 23.6 Å². The van der Waals surface area contributed by atoms with E-state index >= 15 is 0 Å². The third-order valence-corrected chi connectivity index (χ3v) is 4.81. The summed E-state index contributed by atoms with van der Waals surface area (Å²) < 4.78 is 6.97. The van der Waals surface area contributed by atoms with Crippen molar-refractivity contribution in [2.75, 3.05) is 6.61 Å². The molecule has 0 amide bonds. The van der Waals surface area contributed by atoms with Crippen LogP contribution in [0.3, 0.4) is 0 Å². The molecule has 1 N–H and O–H groups in total. The zero-order valence-corrected chi connectivity index (χ0v) is 16.3. The smallest absolute Gasteiger partial charge is 0.330 e. The normalized spacial score (nSPS) is 11.4. The van der Waals surface area contributed by atoms with E-state index in [1.54, 1.807) is 25.1 Å². The summed E-state index contributed by atoms with van der Waals surface area (Å²) in [4.78, 5) is 11.7. The van der Waals surface area contributed by atoms with E-state index in [9.17, 15) is 9.90 Å². The van der Waals surface area contributed by atoms with E-state index in [0.717, 1.165) is 27.6 Å². The number of aliphatic hydroxyl groups excluding tert-OH is 1. The van der Waals surface area contributed by atoms with Crippen molar-refractivity contribution in [2.24, 2.45) is 0 Å². The lowest BCUT2D eigenvalue weighted by atomic mass is 10.1. The average molecular weight is 404 g/mol. The van der Waals surface area contributed by atoms with Crippen LogP contribution in [0.5, 0.6) is 0 Å². The van der Waals surface area contributed by atoms with Crippen molar-refractivity contribution in [2.45, 2.75) is 20.1 Å². The Balaban J connectivity index is 2.07. The van der Waals surface area contributed by atoms with Crippen LogP contribution in [-0.2, 0) is 22.7 Å². The minimum absolute atomic E-state index is 0.0805. The predicted molar refractivity (Wildman–Crippen MR) is 109 cm³/mol. The lowest BCUT2D eigenvalue weighted by molar-refractivity contribution is -0.137. The number of rotatable bonds is 6. The van der Waals surface area contributed by atoms with E-state index in [4.69, 9.17) is 27.9 Å². The van der Waals surface area contributed by atoms with Crippen LogP contribution in [0.2, 0.25) is 10.0 Å². The number of aliphatic hydroxyl groups is 1. The molecule has 140 valence electrons. The Morgan fingerprint density at radius 3 is 2.74 bits per heavy atom. The SMILES string of the molecule is CCOC(=O)C=Cc1cccc2c(CO)cn(Cc3ccc(Cl)cc3Cl)c12. The van der Waals surface area contributed by atoms with Gasteiger partial charge in [-0.05, 0) is 36.3 Å². The lowest BCUT2D eigenvalue weighted by Gasteiger charge is -2.10. The second-order valence-electron chi connectivity index (χ2n) is 6.00. The fraction of sp³-hybridized carbons (Fsp3) is 0.190. The number of benzene rings is 2. The molecule has 6 heteroatoms. The Bertz CT molecular complexity index is 1010. The lowest BCUT2D eigenvalue weighted by Crippen LogP contribution is -2.01. The van der Waals surface area contributed by atoms with Crippen LogP contribution in [-0.4, -0.2) is 22.2 Å². The van der Waals surface area contributed by atoms with E-state index in [2.05, 4.69) is 0 Å². The first kappa shape index (κ1) is 19.5. The monoisotopic (exact) mass is 403 g/mol. The van der Waals surface area contributed by atoms with E-state index < -0.39 is 5.97 Å². The Morgan fingerprint density at radius 1 is 1.22 bits per heavy atom. The molecule has 0 atom stereocenters. The summed E-state index contributed by atoms with van der Waals surface area (Å²) in [6.45, 7) is 2.52. The van der Waals surface area contributed by atoms with Crippen LogP contribution >= 0.6 is 23.2 Å². The van der Waals surface area contributed by atoms with Gasteiger partial charge in [0.1, 0.15) is 0 Å². The van der Waals surface area contributed by atoms with Gasteiger partial charge in [-0.15, -0.1) is 0 Å². The minimum atomic E-state index is -0.393. The van der Waals surface area contributed by atoms with Crippen molar-refractivity contribution in [1.29, 1.82) is 0 Å². The molecule has 4 nitrogen and oxygen atoms in total. The Morgan fingerprint density at radius 2 is 2.04 bits per heavy atom. The number of nitrogens with zero attached hydrogens (tertiary/aromatic N) is 1. The summed E-state index contributed by atoms with van der Waals surface area (Å²) in [7, 11) is 0. The van der Waals surface area contributed by atoms with Gasteiger partial charge < -0.3 is 14.4 Å². The van der Waals surface area contributed by atoms with Crippen LogP contribution in [0.15, 0.2) is 48.7 Å². The Labute approximate surface area is 167 Å². The molecule has 1 aromatic heterocycles. The Kier molecular flexibility index (Phi) is 6.22. The van der Waals surface area contributed by atoms with E-state index in [-0.39, 0.29) is 6.61 Å². The van der Waals surface area contributed by atoms with Crippen molar-refractivity contribution < 1.29 is 14.6 Å². The summed E-state index contributed by atoms with van der Waals surface area (Å²) in [5.74, 6) is -0.393. The maximum atomic E-state index is 11.7. The molecule has 3 aromatic rings. The molecule has 0 saturated heterocycles.